The van der Waals surface area contributed by atoms with Crippen LogP contribution in [-0.2, 0) is 4.79 Å². The number of benzene rings is 2. The first kappa shape index (κ1) is 16.6. The maximum atomic E-state index is 12.5. The first-order valence-corrected chi connectivity index (χ1v) is 7.62. The fraction of sp³-hybridized carbons (Fsp3) is 0.0625. The number of aromatic nitrogens is 4. The van der Waals surface area contributed by atoms with Gasteiger partial charge in [-0.3, -0.25) is 9.59 Å². The number of amides is 2. The highest BCUT2D eigenvalue weighted by atomic mass is 35.5. The summed E-state index contributed by atoms with van der Waals surface area (Å²) in [7, 11) is 0. The minimum Gasteiger partial charge on any atom is -0.326 e. The highest BCUT2D eigenvalue weighted by molar-refractivity contribution is 6.34. The number of rotatable bonds is 4. The number of nitrogens with one attached hydrogen (secondary N) is 2. The number of carbonyl (C=O) groups excluding carboxylic acids is 2. The Morgan fingerprint density at radius 1 is 1.04 bits per heavy atom. The van der Waals surface area contributed by atoms with Crippen LogP contribution in [0.3, 0.4) is 0 Å². The van der Waals surface area contributed by atoms with Crippen molar-refractivity contribution in [1.82, 2.24) is 20.2 Å². The van der Waals surface area contributed by atoms with E-state index in [2.05, 4.69) is 26.2 Å². The lowest BCUT2D eigenvalue weighted by molar-refractivity contribution is -0.114. The van der Waals surface area contributed by atoms with Crippen LogP contribution < -0.4 is 10.6 Å². The number of tetrazole rings is 1. The minimum atomic E-state index is -0.368. The van der Waals surface area contributed by atoms with E-state index in [-0.39, 0.29) is 11.8 Å². The van der Waals surface area contributed by atoms with Crippen LogP contribution in [0.4, 0.5) is 11.4 Å². The molecule has 126 valence electrons. The Labute approximate surface area is 147 Å². The molecule has 0 radical (unpaired) electrons. The van der Waals surface area contributed by atoms with Gasteiger partial charge in [-0.2, -0.15) is 0 Å². The first-order chi connectivity index (χ1) is 12.0. The molecule has 0 saturated carbocycles. The molecule has 0 saturated heterocycles. The molecule has 3 aromatic rings. The van der Waals surface area contributed by atoms with E-state index in [9.17, 15) is 9.59 Å². The second kappa shape index (κ2) is 7.10. The van der Waals surface area contributed by atoms with Crippen molar-refractivity contribution in [2.45, 2.75) is 6.92 Å². The van der Waals surface area contributed by atoms with Crippen LogP contribution in [0.15, 0.2) is 48.8 Å². The maximum absolute atomic E-state index is 12.5. The van der Waals surface area contributed by atoms with Gasteiger partial charge in [-0.25, -0.2) is 4.68 Å². The predicted octanol–water partition coefficient (Wildman–Crippen LogP) is 2.53. The third kappa shape index (κ3) is 3.99. The van der Waals surface area contributed by atoms with Gasteiger partial charge in [0.25, 0.3) is 5.91 Å². The molecule has 9 heteroatoms. The SMILES string of the molecule is CC(=O)Nc1ccc(NC(=O)c2cc(-n3cnnn3)ccc2Cl)cc1. The molecular formula is C16H13ClN6O2. The molecular weight excluding hydrogens is 344 g/mol. The minimum absolute atomic E-state index is 0.164. The molecule has 25 heavy (non-hydrogen) atoms. The summed E-state index contributed by atoms with van der Waals surface area (Å²) in [6.45, 7) is 1.43. The van der Waals surface area contributed by atoms with E-state index < -0.39 is 0 Å². The monoisotopic (exact) mass is 356 g/mol. The Balaban J connectivity index is 1.79. The number of hydrogen-bond acceptors (Lipinski definition) is 5. The number of halogens is 1. The van der Waals surface area contributed by atoms with Gasteiger partial charge in [0.15, 0.2) is 0 Å². The molecule has 0 aliphatic rings. The Morgan fingerprint density at radius 2 is 1.72 bits per heavy atom. The number of anilines is 2. The lowest BCUT2D eigenvalue weighted by Crippen LogP contribution is -2.13. The van der Waals surface area contributed by atoms with Gasteiger partial charge in [-0.05, 0) is 52.9 Å². The molecule has 0 spiro atoms. The van der Waals surface area contributed by atoms with E-state index in [1.807, 2.05) is 0 Å². The molecule has 2 aromatic carbocycles. The normalized spacial score (nSPS) is 10.3. The van der Waals surface area contributed by atoms with E-state index in [0.29, 0.717) is 27.6 Å². The van der Waals surface area contributed by atoms with Crippen LogP contribution >= 0.6 is 11.6 Å². The van der Waals surface area contributed by atoms with Crippen LogP contribution in [0.1, 0.15) is 17.3 Å². The quantitative estimate of drug-likeness (QED) is 0.747. The Morgan fingerprint density at radius 3 is 2.32 bits per heavy atom. The predicted molar refractivity (Wildman–Crippen MR) is 92.9 cm³/mol. The molecule has 0 bridgehead atoms. The standard InChI is InChI=1S/C16H13ClN6O2/c1-10(24)19-11-2-4-12(5-3-11)20-16(25)14-8-13(6-7-15(14)17)23-9-18-21-22-23/h2-9H,1H3,(H,19,24)(H,20,25). The summed E-state index contributed by atoms with van der Waals surface area (Å²) in [5.41, 5.74) is 2.12. The van der Waals surface area contributed by atoms with Gasteiger partial charge in [-0.1, -0.05) is 11.6 Å². The second-order valence-electron chi connectivity index (χ2n) is 5.13. The fourth-order valence-electron chi connectivity index (χ4n) is 2.15. The lowest BCUT2D eigenvalue weighted by atomic mass is 10.1. The summed E-state index contributed by atoms with van der Waals surface area (Å²) in [6, 6.07) is 11.7. The van der Waals surface area contributed by atoms with E-state index >= 15 is 0 Å². The van der Waals surface area contributed by atoms with Crippen molar-refractivity contribution in [1.29, 1.82) is 0 Å². The molecule has 3 rings (SSSR count). The van der Waals surface area contributed by atoms with Gasteiger partial charge in [0.05, 0.1) is 16.3 Å². The molecule has 1 aromatic heterocycles. The van der Waals surface area contributed by atoms with Crippen LogP contribution in [0, 0.1) is 0 Å². The molecule has 0 aliphatic carbocycles. The van der Waals surface area contributed by atoms with Crippen LogP contribution in [0.25, 0.3) is 5.69 Å². The lowest BCUT2D eigenvalue weighted by Gasteiger charge is -2.09. The Hall–Kier alpha value is -3.26. The number of nitrogens with zero attached hydrogens (tertiary/aromatic N) is 4. The van der Waals surface area contributed by atoms with Gasteiger partial charge in [-0.15, -0.1) is 5.10 Å². The third-order valence-corrected chi connectivity index (χ3v) is 3.60. The summed E-state index contributed by atoms with van der Waals surface area (Å²) < 4.78 is 1.43. The highest BCUT2D eigenvalue weighted by Crippen LogP contribution is 2.21. The van der Waals surface area contributed by atoms with Gasteiger partial charge < -0.3 is 10.6 Å². The van der Waals surface area contributed by atoms with E-state index in [4.69, 9.17) is 11.6 Å². The summed E-state index contributed by atoms with van der Waals surface area (Å²) in [5.74, 6) is -0.532. The molecule has 2 N–H and O–H groups in total. The third-order valence-electron chi connectivity index (χ3n) is 3.27. The second-order valence-corrected chi connectivity index (χ2v) is 5.54. The molecule has 2 amide bonds. The number of hydrogen-bond donors (Lipinski definition) is 2. The Bertz CT molecular complexity index is 909. The zero-order valence-electron chi connectivity index (χ0n) is 13.1. The van der Waals surface area contributed by atoms with Crippen molar-refractivity contribution in [3.05, 3.63) is 59.4 Å². The summed E-state index contributed by atoms with van der Waals surface area (Å²) in [6.07, 6.45) is 1.42. The molecule has 0 unspecified atom stereocenters. The summed E-state index contributed by atoms with van der Waals surface area (Å²) >= 11 is 6.13. The van der Waals surface area contributed by atoms with Crippen molar-refractivity contribution < 1.29 is 9.59 Å². The molecule has 1 heterocycles. The fourth-order valence-corrected chi connectivity index (χ4v) is 2.35. The molecule has 8 nitrogen and oxygen atoms in total. The average Bonchev–Trinajstić information content (AvgIpc) is 3.11. The van der Waals surface area contributed by atoms with Gasteiger partial charge >= 0.3 is 0 Å². The Kier molecular flexibility index (Phi) is 4.71. The average molecular weight is 357 g/mol. The van der Waals surface area contributed by atoms with Crippen molar-refractivity contribution in [3.63, 3.8) is 0 Å². The smallest absolute Gasteiger partial charge is 0.257 e. The molecule has 0 aliphatic heterocycles. The zero-order chi connectivity index (χ0) is 17.8. The van der Waals surface area contributed by atoms with Gasteiger partial charge in [0.1, 0.15) is 6.33 Å². The van der Waals surface area contributed by atoms with E-state index in [1.54, 1.807) is 42.5 Å². The van der Waals surface area contributed by atoms with Crippen LogP contribution in [0.2, 0.25) is 5.02 Å². The van der Waals surface area contributed by atoms with Crippen molar-refractivity contribution in [3.8, 4) is 5.69 Å². The van der Waals surface area contributed by atoms with Crippen molar-refractivity contribution in [2.24, 2.45) is 0 Å². The van der Waals surface area contributed by atoms with E-state index in [1.165, 1.54) is 17.9 Å². The van der Waals surface area contributed by atoms with Gasteiger partial charge in [0.2, 0.25) is 5.91 Å². The highest BCUT2D eigenvalue weighted by Gasteiger charge is 2.13. The zero-order valence-corrected chi connectivity index (χ0v) is 13.9. The molecule has 0 atom stereocenters. The number of carbonyl (C=O) groups is 2. The van der Waals surface area contributed by atoms with Crippen molar-refractivity contribution >= 4 is 34.8 Å². The molecule has 0 fully saturated rings. The summed E-state index contributed by atoms with van der Waals surface area (Å²) in [4.78, 5) is 23.5. The topological polar surface area (TPSA) is 102 Å². The maximum Gasteiger partial charge on any atom is 0.257 e. The summed E-state index contributed by atoms with van der Waals surface area (Å²) in [5, 5.41) is 16.6. The van der Waals surface area contributed by atoms with Crippen LogP contribution in [-0.4, -0.2) is 32.0 Å². The largest absolute Gasteiger partial charge is 0.326 e. The van der Waals surface area contributed by atoms with Gasteiger partial charge in [0, 0.05) is 18.3 Å². The van der Waals surface area contributed by atoms with Crippen molar-refractivity contribution in [2.75, 3.05) is 10.6 Å². The van der Waals surface area contributed by atoms with E-state index in [0.717, 1.165) is 0 Å². The van der Waals surface area contributed by atoms with Crippen LogP contribution in [0.5, 0.6) is 0 Å². The first-order valence-electron chi connectivity index (χ1n) is 7.25.